The van der Waals surface area contributed by atoms with Gasteiger partial charge in [-0.05, 0) is 73.4 Å². The number of carbonyl (C=O) groups is 1. The summed E-state index contributed by atoms with van der Waals surface area (Å²) in [5.41, 5.74) is 4.45. The van der Waals surface area contributed by atoms with Crippen molar-refractivity contribution in [1.82, 2.24) is 5.32 Å². The van der Waals surface area contributed by atoms with E-state index >= 15 is 0 Å². The molecule has 1 fully saturated rings. The summed E-state index contributed by atoms with van der Waals surface area (Å²) < 4.78 is 5.26. The van der Waals surface area contributed by atoms with Gasteiger partial charge in [0.05, 0.1) is 12.6 Å². The zero-order chi connectivity index (χ0) is 23.8. The van der Waals surface area contributed by atoms with Gasteiger partial charge in [-0.3, -0.25) is 10.1 Å². The van der Waals surface area contributed by atoms with E-state index in [-0.39, 0.29) is 11.4 Å². The van der Waals surface area contributed by atoms with Gasteiger partial charge in [-0.25, -0.2) is 0 Å². The SMILES string of the molecule is COc1ccc(CNC2(C#Cc3ccc(C(=O)Nc4ccccc4C)cc3)CCCCC2)cc1. The maximum absolute atomic E-state index is 12.6. The Morgan fingerprint density at radius 2 is 1.65 bits per heavy atom. The number of ether oxygens (including phenoxy) is 1. The molecule has 4 rings (SSSR count). The number of rotatable bonds is 6. The second-order valence-electron chi connectivity index (χ2n) is 8.94. The molecule has 174 valence electrons. The van der Waals surface area contributed by atoms with Crippen LogP contribution in [0.5, 0.6) is 5.75 Å². The molecule has 0 heterocycles. The van der Waals surface area contributed by atoms with E-state index in [0.717, 1.165) is 42.0 Å². The Kier molecular flexibility index (Phi) is 7.67. The molecule has 1 saturated carbocycles. The van der Waals surface area contributed by atoms with Gasteiger partial charge in [0.25, 0.3) is 5.91 Å². The van der Waals surface area contributed by atoms with Crippen LogP contribution in [-0.4, -0.2) is 18.6 Å². The first-order valence-electron chi connectivity index (χ1n) is 12.0. The number of anilines is 1. The number of nitrogens with one attached hydrogen (secondary N) is 2. The van der Waals surface area contributed by atoms with Gasteiger partial charge < -0.3 is 10.1 Å². The lowest BCUT2D eigenvalue weighted by Crippen LogP contribution is -2.45. The van der Waals surface area contributed by atoms with E-state index in [1.807, 2.05) is 67.6 Å². The second-order valence-corrected chi connectivity index (χ2v) is 8.94. The zero-order valence-corrected chi connectivity index (χ0v) is 20.0. The van der Waals surface area contributed by atoms with Crippen LogP contribution in [0.1, 0.15) is 59.2 Å². The third kappa shape index (κ3) is 6.07. The van der Waals surface area contributed by atoms with Crippen molar-refractivity contribution in [1.29, 1.82) is 0 Å². The lowest BCUT2D eigenvalue weighted by atomic mass is 9.81. The van der Waals surface area contributed by atoms with Crippen molar-refractivity contribution in [3.05, 3.63) is 95.1 Å². The van der Waals surface area contributed by atoms with Crippen molar-refractivity contribution in [3.8, 4) is 17.6 Å². The number of benzene rings is 3. The number of carbonyl (C=O) groups excluding carboxylic acids is 1. The molecule has 2 N–H and O–H groups in total. The van der Waals surface area contributed by atoms with Crippen LogP contribution < -0.4 is 15.4 Å². The average molecular weight is 453 g/mol. The lowest BCUT2D eigenvalue weighted by Gasteiger charge is -2.34. The number of amides is 1. The highest BCUT2D eigenvalue weighted by Gasteiger charge is 2.29. The first-order chi connectivity index (χ1) is 16.6. The predicted molar refractivity (Wildman–Crippen MR) is 138 cm³/mol. The van der Waals surface area contributed by atoms with Crippen molar-refractivity contribution in [2.45, 2.75) is 51.1 Å². The van der Waals surface area contributed by atoms with Crippen LogP contribution in [0.4, 0.5) is 5.69 Å². The fourth-order valence-corrected chi connectivity index (χ4v) is 4.32. The molecule has 0 atom stereocenters. The van der Waals surface area contributed by atoms with Crippen LogP contribution >= 0.6 is 0 Å². The average Bonchev–Trinajstić information content (AvgIpc) is 2.89. The molecule has 4 nitrogen and oxygen atoms in total. The summed E-state index contributed by atoms with van der Waals surface area (Å²) in [6.07, 6.45) is 5.73. The summed E-state index contributed by atoms with van der Waals surface area (Å²) in [6.45, 7) is 2.76. The molecule has 0 aromatic heterocycles. The smallest absolute Gasteiger partial charge is 0.255 e. The maximum atomic E-state index is 12.6. The minimum atomic E-state index is -0.181. The Bertz CT molecular complexity index is 1160. The largest absolute Gasteiger partial charge is 0.497 e. The summed E-state index contributed by atoms with van der Waals surface area (Å²) >= 11 is 0. The first-order valence-corrected chi connectivity index (χ1v) is 12.0. The monoisotopic (exact) mass is 452 g/mol. The molecular weight excluding hydrogens is 420 g/mol. The molecule has 3 aromatic rings. The minimum absolute atomic E-state index is 0.112. The Hall–Kier alpha value is -3.55. The van der Waals surface area contributed by atoms with E-state index in [9.17, 15) is 4.79 Å². The quantitative estimate of drug-likeness (QED) is 0.444. The van der Waals surface area contributed by atoms with Crippen molar-refractivity contribution < 1.29 is 9.53 Å². The highest BCUT2D eigenvalue weighted by molar-refractivity contribution is 6.04. The molecule has 0 bridgehead atoms. The molecule has 0 spiro atoms. The third-order valence-corrected chi connectivity index (χ3v) is 6.48. The second kappa shape index (κ2) is 11.0. The van der Waals surface area contributed by atoms with E-state index in [1.165, 1.54) is 24.8 Å². The van der Waals surface area contributed by atoms with Crippen molar-refractivity contribution in [2.24, 2.45) is 0 Å². The summed E-state index contributed by atoms with van der Waals surface area (Å²) in [5, 5.41) is 6.73. The van der Waals surface area contributed by atoms with Crippen LogP contribution in [0.2, 0.25) is 0 Å². The van der Waals surface area contributed by atoms with Crippen molar-refractivity contribution in [3.63, 3.8) is 0 Å². The lowest BCUT2D eigenvalue weighted by molar-refractivity contribution is 0.102. The van der Waals surface area contributed by atoms with E-state index < -0.39 is 0 Å². The van der Waals surface area contributed by atoms with Crippen LogP contribution in [-0.2, 0) is 6.54 Å². The molecule has 1 amide bonds. The fourth-order valence-electron chi connectivity index (χ4n) is 4.32. The predicted octanol–water partition coefficient (Wildman–Crippen LogP) is 6.10. The normalized spacial score (nSPS) is 14.5. The molecule has 0 aliphatic heterocycles. The van der Waals surface area contributed by atoms with Crippen LogP contribution in [0, 0.1) is 18.8 Å². The molecule has 3 aromatic carbocycles. The van der Waals surface area contributed by atoms with Crippen LogP contribution in [0.15, 0.2) is 72.8 Å². The number of hydrogen-bond acceptors (Lipinski definition) is 3. The van der Waals surface area contributed by atoms with Gasteiger partial charge in [0.2, 0.25) is 0 Å². The van der Waals surface area contributed by atoms with Gasteiger partial charge in [-0.1, -0.05) is 61.4 Å². The molecule has 4 heteroatoms. The van der Waals surface area contributed by atoms with E-state index in [0.29, 0.717) is 5.56 Å². The maximum Gasteiger partial charge on any atom is 0.255 e. The van der Waals surface area contributed by atoms with Gasteiger partial charge in [-0.2, -0.15) is 0 Å². The minimum Gasteiger partial charge on any atom is -0.497 e. The Balaban J connectivity index is 1.43. The van der Waals surface area contributed by atoms with E-state index in [1.54, 1.807) is 7.11 Å². The highest BCUT2D eigenvalue weighted by atomic mass is 16.5. The van der Waals surface area contributed by atoms with Gasteiger partial charge in [0.1, 0.15) is 5.75 Å². The van der Waals surface area contributed by atoms with Crippen molar-refractivity contribution >= 4 is 11.6 Å². The molecule has 0 saturated heterocycles. The number of para-hydroxylation sites is 1. The van der Waals surface area contributed by atoms with Crippen LogP contribution in [0.3, 0.4) is 0 Å². The third-order valence-electron chi connectivity index (χ3n) is 6.48. The van der Waals surface area contributed by atoms with E-state index in [4.69, 9.17) is 4.74 Å². The fraction of sp³-hybridized carbons (Fsp3) is 0.300. The molecule has 0 unspecified atom stereocenters. The molecular formula is C30H32N2O2. The summed E-state index contributed by atoms with van der Waals surface area (Å²) in [6, 6.07) is 23.5. The Morgan fingerprint density at radius 1 is 0.941 bits per heavy atom. The Labute approximate surface area is 202 Å². The van der Waals surface area contributed by atoms with Crippen LogP contribution in [0.25, 0.3) is 0 Å². The summed E-state index contributed by atoms with van der Waals surface area (Å²) in [4.78, 5) is 12.6. The first kappa shape index (κ1) is 23.6. The topological polar surface area (TPSA) is 50.4 Å². The molecule has 1 aliphatic rings. The van der Waals surface area contributed by atoms with Crippen molar-refractivity contribution in [2.75, 3.05) is 12.4 Å². The molecule has 1 aliphatic carbocycles. The molecule has 34 heavy (non-hydrogen) atoms. The number of hydrogen-bond donors (Lipinski definition) is 2. The van der Waals surface area contributed by atoms with Gasteiger partial charge in [-0.15, -0.1) is 0 Å². The Morgan fingerprint density at radius 3 is 2.32 bits per heavy atom. The number of methoxy groups -OCH3 is 1. The van der Waals surface area contributed by atoms with Gasteiger partial charge in [0.15, 0.2) is 0 Å². The highest BCUT2D eigenvalue weighted by Crippen LogP contribution is 2.28. The summed E-state index contributed by atoms with van der Waals surface area (Å²) in [5.74, 6) is 7.68. The molecule has 0 radical (unpaired) electrons. The zero-order valence-electron chi connectivity index (χ0n) is 20.0. The van der Waals surface area contributed by atoms with E-state index in [2.05, 4.69) is 34.6 Å². The van der Waals surface area contributed by atoms with Gasteiger partial charge in [0, 0.05) is 23.4 Å². The van der Waals surface area contributed by atoms with Gasteiger partial charge >= 0.3 is 0 Å². The standard InChI is InChI=1S/C30H32N2O2/c1-23-8-4-5-9-28(23)32-29(33)26-14-10-24(11-15-26)18-21-30(19-6-3-7-20-30)31-22-25-12-16-27(34-2)17-13-25/h4-5,8-17,31H,3,6-7,19-20,22H2,1-2H3,(H,32,33). The number of aryl methyl sites for hydroxylation is 1. The summed E-state index contributed by atoms with van der Waals surface area (Å²) in [7, 11) is 1.68.